The van der Waals surface area contributed by atoms with Gasteiger partial charge in [-0.1, -0.05) is 294 Å². The number of carbonyl (C=O) groups excluding carboxylic acids is 4. The van der Waals surface area contributed by atoms with Gasteiger partial charge in [-0.25, -0.2) is 9.13 Å². The van der Waals surface area contributed by atoms with Gasteiger partial charge >= 0.3 is 39.5 Å². The van der Waals surface area contributed by atoms with Crippen molar-refractivity contribution in [1.82, 2.24) is 0 Å². The zero-order chi connectivity index (χ0) is 80.3. The van der Waals surface area contributed by atoms with E-state index in [1.165, 1.54) is 19.3 Å². The van der Waals surface area contributed by atoms with E-state index in [-0.39, 0.29) is 25.7 Å². The third-order valence-corrected chi connectivity index (χ3v) is 19.1. The number of aliphatic hydroxyl groups is 1. The van der Waals surface area contributed by atoms with Gasteiger partial charge in [0.25, 0.3) is 0 Å². The Balaban J connectivity index is 5.45. The van der Waals surface area contributed by atoms with Crippen LogP contribution in [0.4, 0.5) is 0 Å². The molecule has 0 spiro atoms. The zero-order valence-corrected chi connectivity index (χ0v) is 70.4. The van der Waals surface area contributed by atoms with Gasteiger partial charge in [0.05, 0.1) is 26.4 Å². The summed E-state index contributed by atoms with van der Waals surface area (Å²) in [7, 11) is -10.0. The summed E-state index contributed by atoms with van der Waals surface area (Å²) in [5.41, 5.74) is 0. The van der Waals surface area contributed by atoms with Gasteiger partial charge in [-0.15, -0.1) is 0 Å². The Morgan fingerprint density at radius 1 is 0.264 bits per heavy atom. The number of hydrogen-bond acceptors (Lipinski definition) is 15. The quantitative estimate of drug-likeness (QED) is 0.0169. The first-order valence-electron chi connectivity index (χ1n) is 42.4. The highest BCUT2D eigenvalue weighted by Gasteiger charge is 2.30. The monoisotopic (exact) mass is 1580 g/mol. The first-order chi connectivity index (χ1) is 53.7. The summed E-state index contributed by atoms with van der Waals surface area (Å²) in [5, 5.41) is 10.7. The van der Waals surface area contributed by atoms with Crippen molar-refractivity contribution in [3.63, 3.8) is 0 Å². The molecule has 0 radical (unpaired) electrons. The van der Waals surface area contributed by atoms with Crippen LogP contribution in [0.15, 0.2) is 170 Å². The summed E-state index contributed by atoms with van der Waals surface area (Å²) in [6, 6.07) is 0. The van der Waals surface area contributed by atoms with Crippen molar-refractivity contribution >= 4 is 39.5 Å². The van der Waals surface area contributed by atoms with E-state index in [1.807, 2.05) is 0 Å². The molecule has 19 heteroatoms. The molecule has 17 nitrogen and oxygen atoms in total. The van der Waals surface area contributed by atoms with Crippen LogP contribution in [0.2, 0.25) is 0 Å². The molecule has 0 bridgehead atoms. The predicted molar refractivity (Wildman–Crippen MR) is 454 cm³/mol. The fraction of sp³-hybridized carbons (Fsp3) is 0.648. The van der Waals surface area contributed by atoms with Gasteiger partial charge in [-0.05, 0) is 173 Å². The molecule has 5 atom stereocenters. The van der Waals surface area contributed by atoms with Gasteiger partial charge in [0.2, 0.25) is 0 Å². The summed E-state index contributed by atoms with van der Waals surface area (Å²) >= 11 is 0. The summed E-state index contributed by atoms with van der Waals surface area (Å²) in [4.78, 5) is 73.3. The molecule has 0 saturated heterocycles. The lowest BCUT2D eigenvalue weighted by Gasteiger charge is -2.21. The number of esters is 4. The van der Waals surface area contributed by atoms with Crippen LogP contribution in [0, 0.1) is 0 Å². The van der Waals surface area contributed by atoms with Crippen molar-refractivity contribution in [2.75, 3.05) is 39.6 Å². The van der Waals surface area contributed by atoms with Crippen LogP contribution < -0.4 is 0 Å². The second kappa shape index (κ2) is 81.4. The maximum absolute atomic E-state index is 13.2. The van der Waals surface area contributed by atoms with Crippen LogP contribution in [0.25, 0.3) is 0 Å². The van der Waals surface area contributed by atoms with E-state index in [9.17, 15) is 43.2 Å². The Morgan fingerprint density at radius 2 is 0.473 bits per heavy atom. The van der Waals surface area contributed by atoms with E-state index in [0.29, 0.717) is 25.7 Å². The number of rotatable bonds is 78. The molecule has 5 unspecified atom stereocenters. The molecule has 0 aromatic carbocycles. The van der Waals surface area contributed by atoms with Gasteiger partial charge < -0.3 is 33.8 Å². The first-order valence-corrected chi connectivity index (χ1v) is 45.4. The van der Waals surface area contributed by atoms with Crippen molar-refractivity contribution in [2.45, 2.75) is 341 Å². The molecule has 0 aromatic rings. The summed E-state index contributed by atoms with van der Waals surface area (Å²) in [6.45, 7) is 4.45. The summed E-state index contributed by atoms with van der Waals surface area (Å²) in [5.74, 6) is -2.25. The maximum Gasteiger partial charge on any atom is 0.472 e. The van der Waals surface area contributed by atoms with Crippen LogP contribution in [-0.2, 0) is 65.4 Å². The van der Waals surface area contributed by atoms with Crippen LogP contribution in [0.5, 0.6) is 0 Å². The number of hydrogen-bond donors (Lipinski definition) is 3. The van der Waals surface area contributed by atoms with E-state index in [2.05, 4.69) is 198 Å². The van der Waals surface area contributed by atoms with E-state index in [0.717, 1.165) is 225 Å². The van der Waals surface area contributed by atoms with E-state index >= 15 is 0 Å². The highest BCUT2D eigenvalue weighted by molar-refractivity contribution is 7.47. The SMILES string of the molecule is CC/C=C\C/C=C\C/C=C\C/C=C\CCCCCCCCC(=O)OCC(COP(=O)(O)OCC(O)COP(=O)(O)OCC(COC(=O)CCCCCC/C=C\C/C=C\C/C=C\C/C=C\CC)OC(=O)CCCCCCC/C=C\C/C=C\C/C=C\CC)OC(=O)CCCCCCCC/C=C\C/C=C\C/C=C\CCCCC. The standard InChI is InChI=1S/C91H150O17P2/c1-5-9-13-17-21-25-29-33-37-40-42-45-49-52-56-60-64-68-72-76-89(94)102-82-87(108-91(96)78-74-70-66-62-58-54-50-46-43-41-38-34-30-26-22-18-14-10-6-2)84-106-110(99,100)104-80-85(92)79-103-109(97,98)105-83-86(107-90(95)77-73-69-65-61-57-53-47-36-32-28-24-20-16-12-8-4)81-101-88(93)75-71-67-63-59-55-51-48-44-39-35-31-27-23-19-15-11-7-3/h9,11-13,15-16,21-28,33-39,42-43,45-48,51,85-87,92H,5-8,10,14,17-20,29-32,40-41,44,49-50,52-84H2,1-4H3,(H,97,98)(H,99,100)/b13-9-,15-11-,16-12-,25-21-,26-22-,27-23-,28-24-,37-33-,38-34-,39-35-,45-42-,46-43-,47-36-,51-48-. The molecule has 0 amide bonds. The average Bonchev–Trinajstić information content (AvgIpc) is 0.900. The van der Waals surface area contributed by atoms with Crippen LogP contribution in [0.1, 0.15) is 323 Å². The third-order valence-electron chi connectivity index (χ3n) is 17.2. The molecular formula is C91H150O17P2. The van der Waals surface area contributed by atoms with E-state index in [1.54, 1.807) is 0 Å². The van der Waals surface area contributed by atoms with Crippen LogP contribution in [-0.4, -0.2) is 96.7 Å². The number of unbranched alkanes of at least 4 members (excludes halogenated alkanes) is 24. The molecule has 0 heterocycles. The Kier molecular flexibility index (Phi) is 77.3. The molecule has 0 aliphatic rings. The molecule has 0 aliphatic heterocycles. The normalized spacial score (nSPS) is 14.6. The van der Waals surface area contributed by atoms with Gasteiger partial charge in [0.15, 0.2) is 12.2 Å². The Hall–Kier alpha value is -5.58. The third kappa shape index (κ3) is 80.5. The van der Waals surface area contributed by atoms with Crippen molar-refractivity contribution in [3.8, 4) is 0 Å². The van der Waals surface area contributed by atoms with Crippen molar-refractivity contribution < 1.29 is 80.2 Å². The number of phosphoric acid groups is 2. The molecule has 0 rings (SSSR count). The first kappa shape index (κ1) is 104. The van der Waals surface area contributed by atoms with Crippen molar-refractivity contribution in [1.29, 1.82) is 0 Å². The highest BCUT2D eigenvalue weighted by atomic mass is 31.2. The molecule has 110 heavy (non-hydrogen) atoms. The van der Waals surface area contributed by atoms with Crippen molar-refractivity contribution in [2.24, 2.45) is 0 Å². The second-order valence-electron chi connectivity index (χ2n) is 27.6. The molecule has 626 valence electrons. The van der Waals surface area contributed by atoms with Crippen LogP contribution in [0.3, 0.4) is 0 Å². The second-order valence-corrected chi connectivity index (χ2v) is 30.5. The topological polar surface area (TPSA) is 237 Å². The molecule has 0 aliphatic carbocycles. The van der Waals surface area contributed by atoms with Gasteiger partial charge in [0, 0.05) is 25.7 Å². The summed E-state index contributed by atoms with van der Waals surface area (Å²) in [6.07, 6.45) is 97.4. The maximum atomic E-state index is 13.2. The number of carbonyl (C=O) groups is 4. The molecular weight excluding hydrogens is 1430 g/mol. The molecule has 3 N–H and O–H groups in total. The number of ether oxygens (including phenoxy) is 4. The fourth-order valence-corrected chi connectivity index (χ4v) is 12.4. The Bertz CT molecular complexity index is 2750. The Labute approximate surface area is 667 Å². The van der Waals surface area contributed by atoms with Crippen molar-refractivity contribution in [3.05, 3.63) is 170 Å². The van der Waals surface area contributed by atoms with E-state index < -0.39 is 97.5 Å². The Morgan fingerprint density at radius 3 is 0.727 bits per heavy atom. The minimum atomic E-state index is -5.00. The van der Waals surface area contributed by atoms with Gasteiger partial charge in [0.1, 0.15) is 19.3 Å². The lowest BCUT2D eigenvalue weighted by atomic mass is 10.1. The zero-order valence-electron chi connectivity index (χ0n) is 68.6. The number of phosphoric ester groups is 2. The molecule has 0 saturated carbocycles. The molecule has 0 aromatic heterocycles. The largest absolute Gasteiger partial charge is 0.472 e. The minimum Gasteiger partial charge on any atom is -0.462 e. The van der Waals surface area contributed by atoms with Crippen LogP contribution >= 0.6 is 15.6 Å². The minimum absolute atomic E-state index is 0.0639. The predicted octanol–water partition coefficient (Wildman–Crippen LogP) is 25.3. The van der Waals surface area contributed by atoms with E-state index in [4.69, 9.17) is 37.0 Å². The van der Waals surface area contributed by atoms with Gasteiger partial charge in [-0.3, -0.25) is 37.3 Å². The fourth-order valence-electron chi connectivity index (χ4n) is 10.8. The number of allylic oxidation sites excluding steroid dienone is 28. The smallest absolute Gasteiger partial charge is 0.462 e. The summed E-state index contributed by atoms with van der Waals surface area (Å²) < 4.78 is 68.8. The lowest BCUT2D eigenvalue weighted by molar-refractivity contribution is -0.161. The highest BCUT2D eigenvalue weighted by Crippen LogP contribution is 2.45. The van der Waals surface area contributed by atoms with Gasteiger partial charge in [-0.2, -0.15) is 0 Å². The number of aliphatic hydroxyl groups excluding tert-OH is 1. The average molecular weight is 1580 g/mol. The molecule has 0 fully saturated rings. The lowest BCUT2D eigenvalue weighted by Crippen LogP contribution is -2.30.